The third kappa shape index (κ3) is 3.10. The van der Waals surface area contributed by atoms with E-state index in [1.807, 2.05) is 0 Å². The molecule has 110 valence electrons. The quantitative estimate of drug-likeness (QED) is 0.790. The Morgan fingerprint density at radius 2 is 1.68 bits per heavy atom. The first-order valence-electron chi connectivity index (χ1n) is 5.04. The Bertz CT molecular complexity index is 390. The van der Waals surface area contributed by atoms with E-state index in [0.29, 0.717) is 0 Å². The Kier molecular flexibility index (Phi) is 3.74. The summed E-state index contributed by atoms with van der Waals surface area (Å²) in [6.45, 7) is -1.96. The maximum absolute atomic E-state index is 12.7. The minimum absolute atomic E-state index is 0.287. The second-order valence-electron chi connectivity index (χ2n) is 4.24. The van der Waals surface area contributed by atoms with E-state index >= 15 is 0 Å². The summed E-state index contributed by atoms with van der Waals surface area (Å²) >= 11 is 0. The van der Waals surface area contributed by atoms with Gasteiger partial charge in [-0.2, -0.15) is 26.3 Å². The fraction of sp³-hybridized carbons (Fsp3) is 0.778. The van der Waals surface area contributed by atoms with E-state index in [9.17, 15) is 35.9 Å². The summed E-state index contributed by atoms with van der Waals surface area (Å²) in [5.74, 6) is -3.75. The second-order valence-corrected chi connectivity index (χ2v) is 4.24. The van der Waals surface area contributed by atoms with Crippen molar-refractivity contribution in [2.75, 3.05) is 13.1 Å². The lowest BCUT2D eigenvalue weighted by molar-refractivity contribution is -0.227. The number of carboxylic acid groups (broad SMARTS) is 1. The van der Waals surface area contributed by atoms with E-state index < -0.39 is 55.6 Å². The average molecular weight is 293 g/mol. The standard InChI is InChI=1S/C9H9F6NO3/c10-8(11,12)3-5(17)16-2-1-7(4-16,6(18)19)9(13,14)15/h1-4H2,(H,18,19). The van der Waals surface area contributed by atoms with Crippen LogP contribution in [0, 0.1) is 5.41 Å². The smallest absolute Gasteiger partial charge is 0.406 e. The van der Waals surface area contributed by atoms with E-state index in [1.54, 1.807) is 0 Å². The molecule has 0 bridgehead atoms. The molecule has 10 heteroatoms. The van der Waals surface area contributed by atoms with Crippen molar-refractivity contribution >= 4 is 11.9 Å². The lowest BCUT2D eigenvalue weighted by atomic mass is 9.86. The Morgan fingerprint density at radius 3 is 2.00 bits per heavy atom. The fourth-order valence-electron chi connectivity index (χ4n) is 1.83. The molecule has 0 aromatic rings. The van der Waals surface area contributed by atoms with Crippen molar-refractivity contribution < 1.29 is 41.0 Å². The van der Waals surface area contributed by atoms with Crippen molar-refractivity contribution in [2.45, 2.75) is 25.2 Å². The number of carboxylic acids is 1. The lowest BCUT2D eigenvalue weighted by Crippen LogP contribution is -2.48. The van der Waals surface area contributed by atoms with Crippen LogP contribution in [0.4, 0.5) is 26.3 Å². The van der Waals surface area contributed by atoms with Crippen LogP contribution in [-0.4, -0.2) is 47.3 Å². The summed E-state index contributed by atoms with van der Waals surface area (Å²) in [7, 11) is 0. The highest BCUT2D eigenvalue weighted by atomic mass is 19.4. The van der Waals surface area contributed by atoms with Gasteiger partial charge in [0.05, 0.1) is 0 Å². The van der Waals surface area contributed by atoms with Crippen molar-refractivity contribution in [1.29, 1.82) is 0 Å². The number of hydrogen-bond donors (Lipinski definition) is 1. The van der Waals surface area contributed by atoms with E-state index in [2.05, 4.69) is 0 Å². The molecule has 1 atom stereocenters. The van der Waals surface area contributed by atoms with Crippen molar-refractivity contribution in [2.24, 2.45) is 5.41 Å². The zero-order valence-electron chi connectivity index (χ0n) is 9.31. The van der Waals surface area contributed by atoms with Crippen LogP contribution >= 0.6 is 0 Å². The molecule has 1 fully saturated rings. The number of amides is 1. The molecule has 1 N–H and O–H groups in total. The van der Waals surface area contributed by atoms with Crippen molar-refractivity contribution in [3.8, 4) is 0 Å². The first kappa shape index (κ1) is 15.6. The van der Waals surface area contributed by atoms with Crippen LogP contribution in [0.15, 0.2) is 0 Å². The molecule has 0 radical (unpaired) electrons. The molecule has 0 saturated carbocycles. The van der Waals surface area contributed by atoms with E-state index in [0.717, 1.165) is 0 Å². The minimum Gasteiger partial charge on any atom is -0.481 e. The van der Waals surface area contributed by atoms with Gasteiger partial charge in [-0.3, -0.25) is 9.59 Å². The lowest BCUT2D eigenvalue weighted by Gasteiger charge is -2.27. The molecule has 0 aromatic carbocycles. The number of hydrogen-bond acceptors (Lipinski definition) is 2. The predicted octanol–water partition coefficient (Wildman–Crippen LogP) is 1.80. The first-order chi connectivity index (χ1) is 8.39. The molecule has 1 rings (SSSR count). The van der Waals surface area contributed by atoms with Gasteiger partial charge in [-0.25, -0.2) is 0 Å². The zero-order valence-corrected chi connectivity index (χ0v) is 9.31. The largest absolute Gasteiger partial charge is 0.481 e. The Hall–Kier alpha value is -1.48. The summed E-state index contributed by atoms with van der Waals surface area (Å²) in [5.41, 5.74) is -3.19. The number of likely N-dealkylation sites (tertiary alicyclic amines) is 1. The van der Waals surface area contributed by atoms with Crippen molar-refractivity contribution in [3.63, 3.8) is 0 Å². The van der Waals surface area contributed by atoms with Crippen LogP contribution in [0.2, 0.25) is 0 Å². The Morgan fingerprint density at radius 1 is 1.16 bits per heavy atom. The van der Waals surface area contributed by atoms with Crippen LogP contribution in [0.25, 0.3) is 0 Å². The van der Waals surface area contributed by atoms with E-state index in [-0.39, 0.29) is 4.90 Å². The monoisotopic (exact) mass is 293 g/mol. The predicted molar refractivity (Wildman–Crippen MR) is 48.0 cm³/mol. The van der Waals surface area contributed by atoms with Crippen LogP contribution in [-0.2, 0) is 9.59 Å². The normalized spacial score (nSPS) is 24.6. The molecule has 1 saturated heterocycles. The highest BCUT2D eigenvalue weighted by Crippen LogP contribution is 2.46. The molecule has 4 nitrogen and oxygen atoms in total. The molecule has 1 unspecified atom stereocenters. The van der Waals surface area contributed by atoms with Gasteiger partial charge < -0.3 is 10.0 Å². The summed E-state index contributed by atoms with van der Waals surface area (Å²) in [6.07, 6.45) is -12.8. The van der Waals surface area contributed by atoms with Gasteiger partial charge in [0.2, 0.25) is 5.91 Å². The molecular formula is C9H9F6NO3. The molecule has 0 aromatic heterocycles. The summed E-state index contributed by atoms with van der Waals surface area (Å²) in [6, 6.07) is 0. The van der Waals surface area contributed by atoms with Crippen LogP contribution in [0.3, 0.4) is 0 Å². The first-order valence-corrected chi connectivity index (χ1v) is 5.04. The van der Waals surface area contributed by atoms with Gasteiger partial charge >= 0.3 is 18.3 Å². The molecule has 1 aliphatic heterocycles. The van der Waals surface area contributed by atoms with Gasteiger partial charge in [-0.1, -0.05) is 0 Å². The summed E-state index contributed by atoms with van der Waals surface area (Å²) in [4.78, 5) is 22.2. The van der Waals surface area contributed by atoms with E-state index in [4.69, 9.17) is 5.11 Å². The van der Waals surface area contributed by atoms with Crippen LogP contribution in [0.5, 0.6) is 0 Å². The van der Waals surface area contributed by atoms with Gasteiger partial charge in [0, 0.05) is 13.1 Å². The maximum Gasteiger partial charge on any atom is 0.406 e. The van der Waals surface area contributed by atoms with Gasteiger partial charge in [0.25, 0.3) is 0 Å². The molecule has 1 heterocycles. The van der Waals surface area contributed by atoms with Gasteiger partial charge in [-0.15, -0.1) is 0 Å². The topological polar surface area (TPSA) is 57.6 Å². The number of halogens is 6. The highest BCUT2D eigenvalue weighted by Gasteiger charge is 2.64. The van der Waals surface area contributed by atoms with Crippen LogP contribution in [0.1, 0.15) is 12.8 Å². The molecule has 0 aliphatic carbocycles. The second kappa shape index (κ2) is 4.57. The third-order valence-electron chi connectivity index (χ3n) is 2.93. The Labute approximate surface area is 103 Å². The number of nitrogens with zero attached hydrogens (tertiary/aromatic N) is 1. The van der Waals surface area contributed by atoms with Crippen molar-refractivity contribution in [1.82, 2.24) is 4.90 Å². The molecule has 19 heavy (non-hydrogen) atoms. The van der Waals surface area contributed by atoms with Crippen LogP contribution < -0.4 is 0 Å². The summed E-state index contributed by atoms with van der Waals surface area (Å²) < 4.78 is 74.0. The summed E-state index contributed by atoms with van der Waals surface area (Å²) in [5, 5.41) is 8.65. The maximum atomic E-state index is 12.7. The average Bonchev–Trinajstić information content (AvgIpc) is 2.58. The minimum atomic E-state index is -5.13. The molecule has 0 spiro atoms. The molecule has 1 aliphatic rings. The fourth-order valence-corrected chi connectivity index (χ4v) is 1.83. The highest BCUT2D eigenvalue weighted by molar-refractivity contribution is 5.81. The van der Waals surface area contributed by atoms with Crippen molar-refractivity contribution in [3.05, 3.63) is 0 Å². The number of aliphatic carboxylic acids is 1. The number of carbonyl (C=O) groups excluding carboxylic acids is 1. The third-order valence-corrected chi connectivity index (χ3v) is 2.93. The number of carbonyl (C=O) groups is 2. The SMILES string of the molecule is O=C(CC(F)(F)F)N1CCC(C(=O)O)(C(F)(F)F)C1. The van der Waals surface area contributed by atoms with Gasteiger partial charge in [-0.05, 0) is 6.42 Å². The zero-order chi connectivity index (χ0) is 15.1. The van der Waals surface area contributed by atoms with E-state index in [1.165, 1.54) is 0 Å². The number of alkyl halides is 6. The molecular weight excluding hydrogens is 284 g/mol. The number of rotatable bonds is 2. The van der Waals surface area contributed by atoms with Gasteiger partial charge in [0.15, 0.2) is 5.41 Å². The molecule has 1 amide bonds. The van der Waals surface area contributed by atoms with Gasteiger partial charge in [0.1, 0.15) is 6.42 Å². The Balaban J connectivity index is 2.87.